The van der Waals surface area contributed by atoms with Crippen molar-refractivity contribution in [3.8, 4) is 0 Å². The smallest absolute Gasteiger partial charge is 0.329 e. The average molecular weight is 298 g/mol. The van der Waals surface area contributed by atoms with Gasteiger partial charge in [0.15, 0.2) is 0 Å². The Morgan fingerprint density at radius 1 is 1.50 bits per heavy atom. The molecule has 0 radical (unpaired) electrons. The number of hydrogen-bond donors (Lipinski definition) is 1. The van der Waals surface area contributed by atoms with Gasteiger partial charge in [0.2, 0.25) is 5.95 Å². The summed E-state index contributed by atoms with van der Waals surface area (Å²) in [7, 11) is 1.54. The summed E-state index contributed by atoms with van der Waals surface area (Å²) in [5, 5.41) is 0.567. The van der Waals surface area contributed by atoms with Gasteiger partial charge in [-0.05, 0) is 25.1 Å². The molecule has 20 heavy (non-hydrogen) atoms. The highest BCUT2D eigenvalue weighted by atomic mass is 35.5. The lowest BCUT2D eigenvalue weighted by molar-refractivity contribution is -0.148. The average Bonchev–Trinajstić information content (AvgIpc) is 2.73. The third kappa shape index (κ3) is 2.86. The van der Waals surface area contributed by atoms with Gasteiger partial charge in [0.25, 0.3) is 0 Å². The van der Waals surface area contributed by atoms with Gasteiger partial charge in [-0.2, -0.15) is 0 Å². The molecular formula is C13H16ClN3O3. The number of halogens is 1. The summed E-state index contributed by atoms with van der Waals surface area (Å²) in [5.41, 5.74) is 7.26. The first-order valence-electron chi connectivity index (χ1n) is 6.13. The molecule has 0 aliphatic heterocycles. The highest BCUT2D eigenvalue weighted by Crippen LogP contribution is 2.25. The second kappa shape index (κ2) is 6.11. The molecule has 1 heterocycles. The van der Waals surface area contributed by atoms with Crippen LogP contribution < -0.4 is 5.73 Å². The molecule has 0 aliphatic carbocycles. The highest BCUT2D eigenvalue weighted by molar-refractivity contribution is 6.31. The largest absolute Gasteiger partial charge is 0.462 e. The van der Waals surface area contributed by atoms with E-state index in [2.05, 4.69) is 4.98 Å². The first-order chi connectivity index (χ1) is 9.54. The third-order valence-electron chi connectivity index (χ3n) is 2.94. The maximum atomic E-state index is 12.0. The van der Waals surface area contributed by atoms with Crippen LogP contribution in [-0.2, 0) is 14.3 Å². The van der Waals surface area contributed by atoms with Crippen molar-refractivity contribution in [2.75, 3.05) is 26.1 Å². The molecule has 1 atom stereocenters. The summed E-state index contributed by atoms with van der Waals surface area (Å²) >= 11 is 5.91. The quantitative estimate of drug-likeness (QED) is 0.674. The number of methoxy groups -OCH3 is 1. The van der Waals surface area contributed by atoms with E-state index in [0.29, 0.717) is 17.1 Å². The summed E-state index contributed by atoms with van der Waals surface area (Å²) in [6.07, 6.45) is 0. The molecule has 1 aromatic carbocycles. The lowest BCUT2D eigenvalue weighted by Gasteiger charge is -2.15. The molecule has 0 amide bonds. The fourth-order valence-electron chi connectivity index (χ4n) is 1.95. The maximum absolute atomic E-state index is 12.0. The fourth-order valence-corrected chi connectivity index (χ4v) is 2.12. The van der Waals surface area contributed by atoms with Crippen LogP contribution in [0.25, 0.3) is 11.0 Å². The number of aromatic nitrogens is 2. The molecule has 0 saturated heterocycles. The first kappa shape index (κ1) is 14.6. The van der Waals surface area contributed by atoms with Crippen LogP contribution in [0.2, 0.25) is 5.02 Å². The summed E-state index contributed by atoms with van der Waals surface area (Å²) < 4.78 is 11.6. The lowest BCUT2D eigenvalue weighted by Crippen LogP contribution is -2.22. The van der Waals surface area contributed by atoms with Crippen LogP contribution in [0.15, 0.2) is 18.2 Å². The SMILES string of the molecule is COCCOC(=O)C(C)n1c(N)nc2cc(Cl)ccc21. The molecule has 0 aliphatic rings. The molecule has 2 rings (SSSR count). The number of carbonyl (C=O) groups is 1. The number of esters is 1. The Balaban J connectivity index is 2.27. The van der Waals surface area contributed by atoms with Crippen LogP contribution in [0.1, 0.15) is 13.0 Å². The second-order valence-electron chi connectivity index (χ2n) is 4.31. The minimum absolute atomic E-state index is 0.206. The number of nitrogen functional groups attached to an aromatic ring is 1. The molecular weight excluding hydrogens is 282 g/mol. The van der Waals surface area contributed by atoms with Crippen LogP contribution in [0.4, 0.5) is 5.95 Å². The molecule has 1 aromatic heterocycles. The van der Waals surface area contributed by atoms with E-state index in [0.717, 1.165) is 5.52 Å². The number of anilines is 1. The van der Waals surface area contributed by atoms with E-state index in [1.54, 1.807) is 36.8 Å². The van der Waals surface area contributed by atoms with E-state index in [4.69, 9.17) is 26.8 Å². The number of benzene rings is 1. The minimum Gasteiger partial charge on any atom is -0.462 e. The Morgan fingerprint density at radius 2 is 2.25 bits per heavy atom. The molecule has 7 heteroatoms. The predicted molar refractivity (Wildman–Crippen MR) is 76.7 cm³/mol. The van der Waals surface area contributed by atoms with Crippen molar-refractivity contribution in [3.63, 3.8) is 0 Å². The van der Waals surface area contributed by atoms with Crippen molar-refractivity contribution in [2.45, 2.75) is 13.0 Å². The van der Waals surface area contributed by atoms with Gasteiger partial charge in [-0.3, -0.25) is 4.57 Å². The number of fused-ring (bicyclic) bond motifs is 1. The number of imidazole rings is 1. The van der Waals surface area contributed by atoms with Gasteiger partial charge >= 0.3 is 5.97 Å². The Morgan fingerprint density at radius 3 is 2.95 bits per heavy atom. The zero-order chi connectivity index (χ0) is 14.7. The molecule has 0 spiro atoms. The summed E-state index contributed by atoms with van der Waals surface area (Å²) in [6, 6.07) is 4.63. The van der Waals surface area contributed by atoms with Gasteiger partial charge < -0.3 is 15.2 Å². The summed E-state index contributed by atoms with van der Waals surface area (Å²) in [6.45, 7) is 2.27. The Bertz CT molecular complexity index is 627. The van der Waals surface area contributed by atoms with E-state index in [1.807, 2.05) is 0 Å². The van der Waals surface area contributed by atoms with Crippen LogP contribution >= 0.6 is 11.6 Å². The van der Waals surface area contributed by atoms with Gasteiger partial charge in [0.1, 0.15) is 12.6 Å². The van der Waals surface area contributed by atoms with Gasteiger partial charge in [-0.1, -0.05) is 11.6 Å². The molecule has 108 valence electrons. The number of ether oxygens (including phenoxy) is 2. The zero-order valence-corrected chi connectivity index (χ0v) is 12.1. The topological polar surface area (TPSA) is 79.4 Å². The molecule has 2 aromatic rings. The van der Waals surface area contributed by atoms with Crippen molar-refractivity contribution in [1.29, 1.82) is 0 Å². The van der Waals surface area contributed by atoms with Gasteiger partial charge in [-0.25, -0.2) is 9.78 Å². The number of carbonyl (C=O) groups excluding carboxylic acids is 1. The van der Waals surface area contributed by atoms with E-state index >= 15 is 0 Å². The van der Waals surface area contributed by atoms with Gasteiger partial charge in [0, 0.05) is 12.1 Å². The minimum atomic E-state index is -0.571. The Kier molecular flexibility index (Phi) is 4.46. The second-order valence-corrected chi connectivity index (χ2v) is 4.75. The summed E-state index contributed by atoms with van der Waals surface area (Å²) in [4.78, 5) is 16.2. The maximum Gasteiger partial charge on any atom is 0.329 e. The number of hydrogen-bond acceptors (Lipinski definition) is 5. The van der Waals surface area contributed by atoms with Crippen molar-refractivity contribution in [3.05, 3.63) is 23.2 Å². The highest BCUT2D eigenvalue weighted by Gasteiger charge is 2.21. The third-order valence-corrected chi connectivity index (χ3v) is 3.17. The molecule has 0 fully saturated rings. The Labute approximate surface area is 121 Å². The van der Waals surface area contributed by atoms with E-state index in [1.165, 1.54) is 0 Å². The lowest BCUT2D eigenvalue weighted by atomic mass is 10.3. The number of rotatable bonds is 5. The normalized spacial score (nSPS) is 12.6. The van der Waals surface area contributed by atoms with Crippen LogP contribution in [0.5, 0.6) is 0 Å². The van der Waals surface area contributed by atoms with Crippen LogP contribution in [0.3, 0.4) is 0 Å². The van der Waals surface area contributed by atoms with E-state index in [9.17, 15) is 4.79 Å². The number of nitrogens with two attached hydrogens (primary N) is 1. The molecule has 2 N–H and O–H groups in total. The van der Waals surface area contributed by atoms with Gasteiger partial charge in [0.05, 0.1) is 17.6 Å². The standard InChI is InChI=1S/C13H16ClN3O3/c1-8(12(18)20-6-5-19-2)17-11-4-3-9(14)7-10(11)16-13(17)15/h3-4,7-8H,5-6H2,1-2H3,(H2,15,16). The van der Waals surface area contributed by atoms with E-state index < -0.39 is 6.04 Å². The van der Waals surface area contributed by atoms with Crippen molar-refractivity contribution in [2.24, 2.45) is 0 Å². The zero-order valence-electron chi connectivity index (χ0n) is 11.3. The summed E-state index contributed by atoms with van der Waals surface area (Å²) in [5.74, 6) is -0.138. The van der Waals surface area contributed by atoms with Crippen molar-refractivity contribution >= 4 is 34.6 Å². The molecule has 6 nitrogen and oxygen atoms in total. The predicted octanol–water partition coefficient (Wildman–Crippen LogP) is 2.02. The molecule has 0 saturated carbocycles. The monoisotopic (exact) mass is 297 g/mol. The van der Waals surface area contributed by atoms with Crippen molar-refractivity contribution < 1.29 is 14.3 Å². The van der Waals surface area contributed by atoms with Crippen LogP contribution in [-0.4, -0.2) is 35.8 Å². The fraction of sp³-hybridized carbons (Fsp3) is 0.385. The molecule has 0 bridgehead atoms. The molecule has 1 unspecified atom stereocenters. The van der Waals surface area contributed by atoms with Gasteiger partial charge in [-0.15, -0.1) is 0 Å². The Hall–Kier alpha value is -1.79. The van der Waals surface area contributed by atoms with Crippen LogP contribution in [0, 0.1) is 0 Å². The number of nitrogens with zero attached hydrogens (tertiary/aromatic N) is 2. The van der Waals surface area contributed by atoms with E-state index in [-0.39, 0.29) is 18.5 Å². The first-order valence-corrected chi connectivity index (χ1v) is 6.51. The van der Waals surface area contributed by atoms with Crippen molar-refractivity contribution in [1.82, 2.24) is 9.55 Å².